The summed E-state index contributed by atoms with van der Waals surface area (Å²) in [5, 5.41) is 0. The summed E-state index contributed by atoms with van der Waals surface area (Å²) in [6.07, 6.45) is 0.486. The van der Waals surface area contributed by atoms with Gasteiger partial charge in [0.05, 0.1) is 13.2 Å². The second kappa shape index (κ2) is 4.99. The van der Waals surface area contributed by atoms with Crippen molar-refractivity contribution in [3.8, 4) is 5.75 Å². The molecule has 0 radical (unpaired) electrons. The smallest absolute Gasteiger partial charge is 0.217 e. The summed E-state index contributed by atoms with van der Waals surface area (Å²) in [6.45, 7) is 2.19. The minimum atomic E-state index is -0.224. The van der Waals surface area contributed by atoms with Crippen molar-refractivity contribution in [3.05, 3.63) is 29.8 Å². The minimum absolute atomic E-state index is 0.224. The van der Waals surface area contributed by atoms with Gasteiger partial charge in [-0.1, -0.05) is 12.1 Å². The third-order valence-electron chi connectivity index (χ3n) is 2.50. The Morgan fingerprint density at radius 1 is 1.44 bits per heavy atom. The number of carbonyl (C=O) groups excluding carboxylic acids is 1. The van der Waals surface area contributed by atoms with Gasteiger partial charge in [-0.15, -0.1) is 0 Å². The molecule has 86 valence electrons. The molecule has 1 saturated heterocycles. The van der Waals surface area contributed by atoms with Gasteiger partial charge in [-0.05, 0) is 17.7 Å². The Morgan fingerprint density at radius 3 is 2.69 bits per heavy atom. The van der Waals surface area contributed by atoms with E-state index in [1.54, 1.807) is 0 Å². The number of carbonyl (C=O) groups is 1. The number of benzene rings is 1. The molecule has 2 bridgehead atoms. The summed E-state index contributed by atoms with van der Waals surface area (Å²) in [7, 11) is 0. The predicted octanol–water partition coefficient (Wildman–Crippen LogP) is 1.09. The highest BCUT2D eigenvalue weighted by Gasteiger charge is 2.19. The second-order valence-electron chi connectivity index (χ2n) is 4.01. The number of primary amides is 1. The molecule has 0 aliphatic carbocycles. The monoisotopic (exact) mass is 221 g/mol. The Balaban J connectivity index is 0.000000120. The largest absolute Gasteiger partial charge is 0.489 e. The zero-order valence-corrected chi connectivity index (χ0v) is 9.02. The van der Waals surface area contributed by atoms with Crippen molar-refractivity contribution < 1.29 is 14.3 Å². The lowest BCUT2D eigenvalue weighted by atomic mass is 10.0. The molecule has 2 N–H and O–H groups in total. The first-order valence-electron chi connectivity index (χ1n) is 5.32. The van der Waals surface area contributed by atoms with Gasteiger partial charge < -0.3 is 15.2 Å². The van der Waals surface area contributed by atoms with Crippen LogP contribution in [0.4, 0.5) is 0 Å². The van der Waals surface area contributed by atoms with E-state index in [0.29, 0.717) is 25.6 Å². The average molecular weight is 221 g/mol. The van der Waals surface area contributed by atoms with Gasteiger partial charge in [-0.3, -0.25) is 4.79 Å². The van der Waals surface area contributed by atoms with E-state index in [9.17, 15) is 4.79 Å². The van der Waals surface area contributed by atoms with Crippen LogP contribution in [0.2, 0.25) is 0 Å². The molecule has 1 fully saturated rings. The first-order chi connectivity index (χ1) is 7.74. The molecule has 0 atom stereocenters. The van der Waals surface area contributed by atoms with Gasteiger partial charge in [0.2, 0.25) is 5.91 Å². The maximum absolute atomic E-state index is 10.2. The highest BCUT2D eigenvalue weighted by Crippen LogP contribution is 2.20. The van der Waals surface area contributed by atoms with Crippen molar-refractivity contribution in [2.75, 3.05) is 13.2 Å². The molecule has 4 heteroatoms. The number of ether oxygens (including phenoxy) is 2. The van der Waals surface area contributed by atoms with E-state index in [1.165, 1.54) is 5.56 Å². The lowest BCUT2D eigenvalue weighted by Gasteiger charge is -2.24. The van der Waals surface area contributed by atoms with Crippen LogP contribution in [0.1, 0.15) is 12.0 Å². The van der Waals surface area contributed by atoms with Gasteiger partial charge in [-0.2, -0.15) is 0 Å². The van der Waals surface area contributed by atoms with Crippen LogP contribution >= 0.6 is 0 Å². The lowest BCUT2D eigenvalue weighted by molar-refractivity contribution is -0.123. The summed E-state index contributed by atoms with van der Waals surface area (Å²) in [6, 6.07) is 8.10. The average Bonchev–Trinajstić information content (AvgIpc) is 2.53. The Morgan fingerprint density at radius 2 is 2.25 bits per heavy atom. The topological polar surface area (TPSA) is 61.6 Å². The molecule has 16 heavy (non-hydrogen) atoms. The van der Waals surface area contributed by atoms with E-state index < -0.39 is 0 Å². The zero-order valence-electron chi connectivity index (χ0n) is 9.02. The molecule has 3 rings (SSSR count). The summed E-state index contributed by atoms with van der Waals surface area (Å²) < 4.78 is 10.0. The van der Waals surface area contributed by atoms with Crippen molar-refractivity contribution in [2.45, 2.75) is 13.0 Å². The molecule has 2 aliphatic heterocycles. The van der Waals surface area contributed by atoms with E-state index in [0.717, 1.165) is 12.4 Å². The highest BCUT2D eigenvalue weighted by molar-refractivity contribution is 5.74. The van der Waals surface area contributed by atoms with E-state index >= 15 is 0 Å². The van der Waals surface area contributed by atoms with Crippen molar-refractivity contribution in [3.63, 3.8) is 0 Å². The first kappa shape index (κ1) is 11.0. The van der Waals surface area contributed by atoms with Crippen LogP contribution in [-0.4, -0.2) is 19.1 Å². The number of nitrogens with two attached hydrogens (primary N) is 1. The Hall–Kier alpha value is -1.55. The molecule has 4 nitrogen and oxygen atoms in total. The molecule has 0 unspecified atom stereocenters. The van der Waals surface area contributed by atoms with Crippen molar-refractivity contribution in [2.24, 2.45) is 11.7 Å². The van der Waals surface area contributed by atoms with Crippen LogP contribution in [-0.2, 0) is 16.1 Å². The number of rotatable bonds is 2. The van der Waals surface area contributed by atoms with E-state index in [4.69, 9.17) is 15.2 Å². The molecule has 0 aromatic heterocycles. The van der Waals surface area contributed by atoms with Gasteiger partial charge in [0.1, 0.15) is 12.4 Å². The van der Waals surface area contributed by atoms with Crippen molar-refractivity contribution in [1.29, 1.82) is 0 Å². The summed E-state index contributed by atoms with van der Waals surface area (Å²) in [4.78, 5) is 10.2. The number of fused-ring (bicyclic) bond motifs is 2. The van der Waals surface area contributed by atoms with Gasteiger partial charge in [0.15, 0.2) is 0 Å². The van der Waals surface area contributed by atoms with Crippen molar-refractivity contribution >= 4 is 5.91 Å². The number of hydrogen-bond donors (Lipinski definition) is 1. The van der Waals surface area contributed by atoms with Gasteiger partial charge in [0.25, 0.3) is 0 Å². The molecule has 2 aliphatic rings. The van der Waals surface area contributed by atoms with E-state index in [-0.39, 0.29) is 5.91 Å². The van der Waals surface area contributed by atoms with Crippen LogP contribution in [0.25, 0.3) is 0 Å². The third kappa shape index (κ3) is 2.97. The molecule has 2 heterocycles. The fourth-order valence-electron chi connectivity index (χ4n) is 1.58. The van der Waals surface area contributed by atoms with Crippen molar-refractivity contribution in [1.82, 2.24) is 0 Å². The van der Waals surface area contributed by atoms with Crippen LogP contribution < -0.4 is 10.5 Å². The normalized spacial score (nSPS) is 16.8. The third-order valence-corrected chi connectivity index (χ3v) is 2.50. The number of amides is 1. The van der Waals surface area contributed by atoms with E-state index in [2.05, 4.69) is 12.1 Å². The Labute approximate surface area is 94.3 Å². The van der Waals surface area contributed by atoms with Crippen LogP contribution in [0.3, 0.4) is 0 Å². The summed E-state index contributed by atoms with van der Waals surface area (Å²) in [5.74, 6) is 1.19. The van der Waals surface area contributed by atoms with Gasteiger partial charge in [-0.25, -0.2) is 0 Å². The van der Waals surface area contributed by atoms with E-state index in [1.807, 2.05) is 12.1 Å². The zero-order chi connectivity index (χ0) is 11.4. The Bertz CT molecular complexity index is 355. The quantitative estimate of drug-likeness (QED) is 0.813. The maximum Gasteiger partial charge on any atom is 0.217 e. The molecule has 1 aromatic carbocycles. The van der Waals surface area contributed by atoms with Gasteiger partial charge >= 0.3 is 0 Å². The second-order valence-corrected chi connectivity index (χ2v) is 4.01. The molecule has 1 amide bonds. The predicted molar refractivity (Wildman–Crippen MR) is 58.9 cm³/mol. The SMILES string of the molecule is NC(=O)CC1COC1.c1cc2cc(c1)OC2. The minimum Gasteiger partial charge on any atom is -0.489 e. The molecular weight excluding hydrogens is 206 g/mol. The fourth-order valence-corrected chi connectivity index (χ4v) is 1.58. The lowest BCUT2D eigenvalue weighted by Crippen LogP contribution is -2.31. The Kier molecular flexibility index (Phi) is 3.41. The molecule has 0 spiro atoms. The van der Waals surface area contributed by atoms with Crippen LogP contribution in [0, 0.1) is 5.92 Å². The molecule has 1 aromatic rings. The summed E-state index contributed by atoms with van der Waals surface area (Å²) in [5.41, 5.74) is 6.19. The highest BCUT2D eigenvalue weighted by atomic mass is 16.5. The maximum atomic E-state index is 10.2. The standard InChI is InChI=1S/C7H6O.C5H9NO2/c1-2-6-4-7(3-1)8-5-6;6-5(7)1-4-2-8-3-4/h1-4H,5H2;4H,1-3H2,(H2,6,7). The summed E-state index contributed by atoms with van der Waals surface area (Å²) >= 11 is 0. The fraction of sp³-hybridized carbons (Fsp3) is 0.417. The van der Waals surface area contributed by atoms with Crippen LogP contribution in [0.5, 0.6) is 5.75 Å². The number of hydrogen-bond acceptors (Lipinski definition) is 3. The van der Waals surface area contributed by atoms with Gasteiger partial charge in [0, 0.05) is 12.3 Å². The molecular formula is C12H15NO3. The van der Waals surface area contributed by atoms with Crippen LogP contribution in [0.15, 0.2) is 24.3 Å². The first-order valence-corrected chi connectivity index (χ1v) is 5.32. The molecule has 0 saturated carbocycles.